The number of benzene rings is 1. The van der Waals surface area contributed by atoms with Crippen LogP contribution in [0.4, 0.5) is 0 Å². The normalized spacial score (nSPS) is 31.1. The van der Waals surface area contributed by atoms with E-state index < -0.39 is 5.54 Å². The van der Waals surface area contributed by atoms with E-state index >= 15 is 0 Å². The van der Waals surface area contributed by atoms with Crippen molar-refractivity contribution in [3.05, 3.63) is 46.0 Å². The van der Waals surface area contributed by atoms with Gasteiger partial charge in [-0.15, -0.1) is 0 Å². The van der Waals surface area contributed by atoms with Gasteiger partial charge in [0.25, 0.3) is 5.54 Å². The van der Waals surface area contributed by atoms with Gasteiger partial charge in [-0.1, -0.05) is 30.3 Å². The Morgan fingerprint density at radius 3 is 2.84 bits per heavy atom. The molecule has 0 spiro atoms. The molecule has 0 aliphatic carbocycles. The summed E-state index contributed by atoms with van der Waals surface area (Å²) in [5, 5.41) is 14.5. The summed E-state index contributed by atoms with van der Waals surface area (Å²) >= 11 is 0. The molecular weight excluding hydrogens is 244 g/mol. The van der Waals surface area contributed by atoms with Gasteiger partial charge in [0.1, 0.15) is 0 Å². The van der Waals surface area contributed by atoms with Crippen LogP contribution in [-0.2, 0) is 6.54 Å². The third kappa shape index (κ3) is 2.47. The van der Waals surface area contributed by atoms with Crippen LogP contribution in [0.1, 0.15) is 5.56 Å². The molecule has 2 saturated heterocycles. The lowest BCUT2D eigenvalue weighted by Gasteiger charge is -2.46. The van der Waals surface area contributed by atoms with Crippen molar-refractivity contribution in [1.29, 1.82) is 0 Å². The largest absolute Gasteiger partial charge is 0.297 e. The van der Waals surface area contributed by atoms with Gasteiger partial charge in [-0.3, -0.25) is 25.2 Å². The number of nitrogens with one attached hydrogen (secondary N) is 1. The van der Waals surface area contributed by atoms with Crippen LogP contribution >= 0.6 is 0 Å². The first-order valence-electron chi connectivity index (χ1n) is 6.52. The molecule has 2 bridgehead atoms. The van der Waals surface area contributed by atoms with E-state index in [1.54, 1.807) is 0 Å². The molecular formula is C13H18N4O2. The number of hydrogen-bond donors (Lipinski definition) is 1. The second-order valence-corrected chi connectivity index (χ2v) is 5.51. The number of rotatable bonds is 3. The van der Waals surface area contributed by atoms with Gasteiger partial charge in [0.2, 0.25) is 0 Å². The number of nitrogens with zero attached hydrogens (tertiary/aromatic N) is 3. The minimum atomic E-state index is -0.856. The summed E-state index contributed by atoms with van der Waals surface area (Å²) < 4.78 is 0. The van der Waals surface area contributed by atoms with Crippen molar-refractivity contribution in [1.82, 2.24) is 15.1 Å². The van der Waals surface area contributed by atoms with Crippen molar-refractivity contribution < 1.29 is 4.92 Å². The molecule has 0 saturated carbocycles. The fraction of sp³-hybridized carbons (Fsp3) is 0.538. The van der Waals surface area contributed by atoms with Gasteiger partial charge in [0.05, 0.1) is 26.3 Å². The van der Waals surface area contributed by atoms with Gasteiger partial charge >= 0.3 is 0 Å². The first-order valence-corrected chi connectivity index (χ1v) is 6.52. The summed E-state index contributed by atoms with van der Waals surface area (Å²) in [5.74, 6) is 0. The monoisotopic (exact) mass is 262 g/mol. The molecule has 1 aromatic rings. The van der Waals surface area contributed by atoms with E-state index in [9.17, 15) is 10.1 Å². The smallest absolute Gasteiger partial charge is 0.259 e. The molecule has 2 heterocycles. The van der Waals surface area contributed by atoms with Gasteiger partial charge in [-0.25, -0.2) is 0 Å². The summed E-state index contributed by atoms with van der Waals surface area (Å²) in [6.45, 7) is 3.82. The Morgan fingerprint density at radius 2 is 2.11 bits per heavy atom. The van der Waals surface area contributed by atoms with Crippen LogP contribution in [0.3, 0.4) is 0 Å². The summed E-state index contributed by atoms with van der Waals surface area (Å²) in [6.07, 6.45) is 0. The lowest BCUT2D eigenvalue weighted by molar-refractivity contribution is -0.576. The second-order valence-electron chi connectivity index (χ2n) is 5.51. The minimum absolute atomic E-state index is 0.108. The molecule has 0 radical (unpaired) electrons. The first kappa shape index (κ1) is 12.5. The van der Waals surface area contributed by atoms with Crippen LogP contribution in [0.5, 0.6) is 0 Å². The maximum atomic E-state index is 11.4. The van der Waals surface area contributed by atoms with Gasteiger partial charge in [-0.05, 0) is 5.56 Å². The van der Waals surface area contributed by atoms with Crippen molar-refractivity contribution in [2.24, 2.45) is 0 Å². The summed E-state index contributed by atoms with van der Waals surface area (Å²) in [5.41, 5.74) is 0.348. The zero-order valence-electron chi connectivity index (χ0n) is 10.8. The SMILES string of the molecule is O=[N+]([O-])[C@@]12CNCN(CN(Cc3ccccc3)C1)C2. The van der Waals surface area contributed by atoms with Crippen LogP contribution in [-0.4, -0.2) is 53.2 Å². The molecule has 2 atom stereocenters. The van der Waals surface area contributed by atoms with Crippen LogP contribution in [0.2, 0.25) is 0 Å². The highest BCUT2D eigenvalue weighted by Gasteiger charge is 2.51. The van der Waals surface area contributed by atoms with Crippen molar-refractivity contribution in [3.63, 3.8) is 0 Å². The second kappa shape index (κ2) is 4.88. The third-order valence-corrected chi connectivity index (χ3v) is 3.86. The predicted molar refractivity (Wildman–Crippen MR) is 71.0 cm³/mol. The van der Waals surface area contributed by atoms with Crippen LogP contribution in [0.25, 0.3) is 0 Å². The van der Waals surface area contributed by atoms with E-state index in [0.717, 1.165) is 19.9 Å². The maximum absolute atomic E-state index is 11.4. The van der Waals surface area contributed by atoms with Gasteiger partial charge < -0.3 is 0 Å². The Morgan fingerprint density at radius 1 is 1.32 bits per heavy atom. The summed E-state index contributed by atoms with van der Waals surface area (Å²) in [6, 6.07) is 10.1. The maximum Gasteiger partial charge on any atom is 0.259 e. The fourth-order valence-corrected chi connectivity index (χ4v) is 3.06. The molecule has 0 amide bonds. The molecule has 2 aliphatic heterocycles. The Labute approximate surface area is 112 Å². The Hall–Kier alpha value is -1.50. The summed E-state index contributed by atoms with van der Waals surface area (Å²) in [7, 11) is 0. The minimum Gasteiger partial charge on any atom is -0.297 e. The van der Waals surface area contributed by atoms with E-state index in [1.807, 2.05) is 18.2 Å². The van der Waals surface area contributed by atoms with Gasteiger partial charge in [0, 0.05) is 18.1 Å². The Balaban J connectivity index is 1.75. The van der Waals surface area contributed by atoms with Crippen LogP contribution < -0.4 is 5.32 Å². The Kier molecular flexibility index (Phi) is 3.22. The van der Waals surface area contributed by atoms with E-state index in [4.69, 9.17) is 0 Å². The molecule has 3 rings (SSSR count). The fourth-order valence-electron chi connectivity index (χ4n) is 3.06. The predicted octanol–water partition coefficient (Wildman–Crippen LogP) is 0.338. The highest BCUT2D eigenvalue weighted by atomic mass is 16.6. The lowest BCUT2D eigenvalue weighted by Crippen LogP contribution is -2.71. The lowest BCUT2D eigenvalue weighted by atomic mass is 9.94. The molecule has 2 aliphatic rings. The average molecular weight is 262 g/mol. The highest BCUT2D eigenvalue weighted by molar-refractivity contribution is 5.14. The van der Waals surface area contributed by atoms with Crippen LogP contribution in [0, 0.1) is 10.1 Å². The quantitative estimate of drug-likeness (QED) is 0.628. The van der Waals surface area contributed by atoms with E-state index in [0.29, 0.717) is 19.6 Å². The average Bonchev–Trinajstić information content (AvgIpc) is 2.39. The molecule has 1 aromatic carbocycles. The third-order valence-electron chi connectivity index (χ3n) is 3.86. The van der Waals surface area contributed by atoms with Crippen molar-refractivity contribution in [2.45, 2.75) is 12.1 Å². The molecule has 6 heteroatoms. The summed E-state index contributed by atoms with van der Waals surface area (Å²) in [4.78, 5) is 15.6. The zero-order valence-corrected chi connectivity index (χ0v) is 10.8. The number of fused-ring (bicyclic) bond motifs is 2. The van der Waals surface area contributed by atoms with E-state index in [1.165, 1.54) is 5.56 Å². The molecule has 19 heavy (non-hydrogen) atoms. The topological polar surface area (TPSA) is 61.7 Å². The van der Waals surface area contributed by atoms with Crippen LogP contribution in [0.15, 0.2) is 30.3 Å². The van der Waals surface area contributed by atoms with Crippen molar-refractivity contribution >= 4 is 0 Å². The molecule has 1 unspecified atom stereocenters. The zero-order chi connectivity index (χ0) is 13.3. The molecule has 0 aromatic heterocycles. The molecule has 102 valence electrons. The van der Waals surface area contributed by atoms with E-state index in [-0.39, 0.29) is 4.92 Å². The van der Waals surface area contributed by atoms with Gasteiger partial charge in [0.15, 0.2) is 0 Å². The number of hydrogen-bond acceptors (Lipinski definition) is 5. The molecule has 6 nitrogen and oxygen atoms in total. The molecule has 1 N–H and O–H groups in total. The van der Waals surface area contributed by atoms with Crippen molar-refractivity contribution in [3.8, 4) is 0 Å². The van der Waals surface area contributed by atoms with Gasteiger partial charge in [-0.2, -0.15) is 0 Å². The first-order chi connectivity index (χ1) is 9.18. The van der Waals surface area contributed by atoms with E-state index in [2.05, 4.69) is 27.2 Å². The highest BCUT2D eigenvalue weighted by Crippen LogP contribution is 2.23. The molecule has 2 fully saturated rings. The van der Waals surface area contributed by atoms with Crippen molar-refractivity contribution in [2.75, 3.05) is 33.0 Å². The number of nitro groups is 1. The Bertz CT molecular complexity index is 467. The standard InChI is InChI=1S/C13H18N4O2/c18-17(19)13-7-14-10-16(9-13)11-15(8-13)6-12-4-2-1-3-5-12/h1-5,14H,6-11H2/t13-/m0/s1.